The molecule has 27 heavy (non-hydrogen) atoms. The second-order valence-electron chi connectivity index (χ2n) is 6.30. The van der Waals surface area contributed by atoms with Crippen molar-refractivity contribution < 1.29 is 19.0 Å². The summed E-state index contributed by atoms with van der Waals surface area (Å²) in [6, 6.07) is 5.38. The summed E-state index contributed by atoms with van der Waals surface area (Å²) in [5.41, 5.74) is 1.15. The van der Waals surface area contributed by atoms with Gasteiger partial charge in [0, 0.05) is 32.0 Å². The van der Waals surface area contributed by atoms with Crippen LogP contribution < -0.4 is 14.4 Å². The van der Waals surface area contributed by atoms with Crippen LogP contribution in [0.3, 0.4) is 0 Å². The van der Waals surface area contributed by atoms with Gasteiger partial charge >= 0.3 is 5.97 Å². The van der Waals surface area contributed by atoms with Crippen LogP contribution in [0.4, 0.5) is 5.82 Å². The average Bonchev–Trinajstić information content (AvgIpc) is 2.69. The van der Waals surface area contributed by atoms with E-state index in [1.54, 1.807) is 32.4 Å². The van der Waals surface area contributed by atoms with Crippen LogP contribution in [-0.4, -0.2) is 54.1 Å². The summed E-state index contributed by atoms with van der Waals surface area (Å²) < 4.78 is 16.0. The summed E-state index contributed by atoms with van der Waals surface area (Å²) in [7, 11) is 1.59. The molecule has 0 amide bonds. The monoisotopic (exact) mass is 372 g/mol. The molecular formula is C19H24N4O4. The Labute approximate surface area is 158 Å². The average molecular weight is 372 g/mol. The van der Waals surface area contributed by atoms with Crippen LogP contribution in [0.2, 0.25) is 0 Å². The highest BCUT2D eigenvalue weighted by atomic mass is 16.5. The predicted molar refractivity (Wildman–Crippen MR) is 99.4 cm³/mol. The molecule has 1 aliphatic heterocycles. The first-order valence-corrected chi connectivity index (χ1v) is 9.03. The lowest BCUT2D eigenvalue weighted by molar-refractivity contribution is 0.0518. The van der Waals surface area contributed by atoms with Gasteiger partial charge in [-0.15, -0.1) is 10.2 Å². The van der Waals surface area contributed by atoms with Gasteiger partial charge in [-0.05, 0) is 31.5 Å². The SMILES string of the molecule is CCOC(=O)c1cc(C)c(N2CCC(Oc3ccc(OC)nc3)CC2)nn1. The lowest BCUT2D eigenvalue weighted by Gasteiger charge is -2.33. The maximum atomic E-state index is 11.8. The molecule has 3 rings (SSSR count). The number of esters is 1. The number of aryl methyl sites for hydroxylation is 1. The normalized spacial score (nSPS) is 14.7. The summed E-state index contributed by atoms with van der Waals surface area (Å²) in [6.45, 7) is 5.63. The van der Waals surface area contributed by atoms with Crippen molar-refractivity contribution in [3.8, 4) is 11.6 Å². The molecule has 0 spiro atoms. The molecule has 0 atom stereocenters. The molecular weight excluding hydrogens is 348 g/mol. The van der Waals surface area contributed by atoms with Crippen LogP contribution in [0.25, 0.3) is 0 Å². The van der Waals surface area contributed by atoms with Gasteiger partial charge in [-0.2, -0.15) is 0 Å². The van der Waals surface area contributed by atoms with E-state index in [2.05, 4.69) is 20.1 Å². The molecule has 0 aliphatic carbocycles. The highest BCUT2D eigenvalue weighted by Crippen LogP contribution is 2.24. The van der Waals surface area contributed by atoms with Crippen molar-refractivity contribution >= 4 is 11.8 Å². The molecule has 2 aromatic heterocycles. The van der Waals surface area contributed by atoms with Crippen LogP contribution >= 0.6 is 0 Å². The minimum absolute atomic E-state index is 0.128. The molecule has 0 saturated carbocycles. The second kappa shape index (κ2) is 8.66. The van der Waals surface area contributed by atoms with Crippen LogP contribution in [-0.2, 0) is 4.74 Å². The van der Waals surface area contributed by atoms with Crippen molar-refractivity contribution in [1.82, 2.24) is 15.2 Å². The molecule has 0 aromatic carbocycles. The summed E-state index contributed by atoms with van der Waals surface area (Å²) >= 11 is 0. The Hall–Kier alpha value is -2.90. The number of hydrogen-bond donors (Lipinski definition) is 0. The van der Waals surface area contributed by atoms with Crippen molar-refractivity contribution in [2.75, 3.05) is 31.7 Å². The van der Waals surface area contributed by atoms with Gasteiger partial charge in [0.25, 0.3) is 0 Å². The summed E-state index contributed by atoms with van der Waals surface area (Å²) in [4.78, 5) is 18.1. The Morgan fingerprint density at radius 1 is 1.26 bits per heavy atom. The fraction of sp³-hybridized carbons (Fsp3) is 0.474. The highest BCUT2D eigenvalue weighted by Gasteiger charge is 2.23. The maximum absolute atomic E-state index is 11.8. The molecule has 2 aromatic rings. The number of ether oxygens (including phenoxy) is 3. The Kier molecular flexibility index (Phi) is 6.05. The van der Waals surface area contributed by atoms with Crippen LogP contribution in [0, 0.1) is 6.92 Å². The molecule has 0 radical (unpaired) electrons. The third-order valence-electron chi connectivity index (χ3n) is 4.41. The summed E-state index contributed by atoms with van der Waals surface area (Å²) in [5.74, 6) is 1.66. The fourth-order valence-electron chi connectivity index (χ4n) is 3.03. The molecule has 0 N–H and O–H groups in total. The molecule has 1 saturated heterocycles. The maximum Gasteiger partial charge on any atom is 0.358 e. The number of aromatic nitrogens is 3. The number of nitrogens with zero attached hydrogens (tertiary/aromatic N) is 4. The zero-order valence-electron chi connectivity index (χ0n) is 15.8. The third-order valence-corrected chi connectivity index (χ3v) is 4.41. The van der Waals surface area contributed by atoms with E-state index in [1.807, 2.05) is 13.0 Å². The van der Waals surface area contributed by atoms with Gasteiger partial charge in [0.1, 0.15) is 11.9 Å². The molecule has 0 bridgehead atoms. The Balaban J connectivity index is 1.57. The largest absolute Gasteiger partial charge is 0.489 e. The summed E-state index contributed by atoms with van der Waals surface area (Å²) in [5, 5.41) is 8.26. The molecule has 144 valence electrons. The Morgan fingerprint density at radius 2 is 2.04 bits per heavy atom. The Bertz CT molecular complexity index is 774. The highest BCUT2D eigenvalue weighted by molar-refractivity contribution is 5.87. The van der Waals surface area contributed by atoms with Gasteiger partial charge in [0.05, 0.1) is 19.9 Å². The lowest BCUT2D eigenvalue weighted by Crippen LogP contribution is -2.39. The molecule has 3 heterocycles. The number of rotatable bonds is 6. The van der Waals surface area contributed by atoms with Gasteiger partial charge in [-0.25, -0.2) is 9.78 Å². The first-order valence-electron chi connectivity index (χ1n) is 9.03. The zero-order chi connectivity index (χ0) is 19.2. The van der Waals surface area contributed by atoms with Gasteiger partial charge in [-0.1, -0.05) is 0 Å². The predicted octanol–water partition coefficient (Wildman–Crippen LogP) is 2.41. The number of methoxy groups -OCH3 is 1. The number of pyridine rings is 1. The van der Waals surface area contributed by atoms with E-state index in [-0.39, 0.29) is 11.8 Å². The van der Waals surface area contributed by atoms with E-state index in [1.165, 1.54) is 0 Å². The van der Waals surface area contributed by atoms with E-state index < -0.39 is 5.97 Å². The quantitative estimate of drug-likeness (QED) is 0.715. The summed E-state index contributed by atoms with van der Waals surface area (Å²) in [6.07, 6.45) is 3.54. The first kappa shape index (κ1) is 18.9. The van der Waals surface area contributed by atoms with Crippen molar-refractivity contribution in [1.29, 1.82) is 0 Å². The number of anilines is 1. The smallest absolute Gasteiger partial charge is 0.358 e. The van der Waals surface area contributed by atoms with Crippen molar-refractivity contribution in [3.63, 3.8) is 0 Å². The lowest BCUT2D eigenvalue weighted by atomic mass is 10.1. The molecule has 1 fully saturated rings. The number of piperidine rings is 1. The standard InChI is InChI=1S/C19H24N4O4/c1-4-26-19(24)16-11-13(2)18(22-21-16)23-9-7-14(8-10-23)27-15-5-6-17(25-3)20-12-15/h5-6,11-12,14H,4,7-10H2,1-3H3. The van der Waals surface area contributed by atoms with E-state index in [0.29, 0.717) is 12.5 Å². The second-order valence-corrected chi connectivity index (χ2v) is 6.30. The molecule has 8 nitrogen and oxygen atoms in total. The third kappa shape index (κ3) is 4.64. The van der Waals surface area contributed by atoms with Crippen LogP contribution in [0.5, 0.6) is 11.6 Å². The van der Waals surface area contributed by atoms with Gasteiger partial charge in [0.15, 0.2) is 11.5 Å². The van der Waals surface area contributed by atoms with Crippen molar-refractivity contribution in [2.24, 2.45) is 0 Å². The Morgan fingerprint density at radius 3 is 2.63 bits per heavy atom. The van der Waals surface area contributed by atoms with E-state index >= 15 is 0 Å². The van der Waals surface area contributed by atoms with Crippen molar-refractivity contribution in [2.45, 2.75) is 32.8 Å². The van der Waals surface area contributed by atoms with Crippen LogP contribution in [0.15, 0.2) is 24.4 Å². The van der Waals surface area contributed by atoms with E-state index in [4.69, 9.17) is 14.2 Å². The molecule has 0 unspecified atom stereocenters. The number of hydrogen-bond acceptors (Lipinski definition) is 8. The van der Waals surface area contributed by atoms with Crippen LogP contribution in [0.1, 0.15) is 35.8 Å². The zero-order valence-corrected chi connectivity index (χ0v) is 15.8. The topological polar surface area (TPSA) is 86.7 Å². The first-order chi connectivity index (χ1) is 13.1. The number of carbonyl (C=O) groups is 1. The molecule has 8 heteroatoms. The fourth-order valence-corrected chi connectivity index (χ4v) is 3.03. The van der Waals surface area contributed by atoms with Crippen molar-refractivity contribution in [3.05, 3.63) is 35.7 Å². The van der Waals surface area contributed by atoms with E-state index in [9.17, 15) is 4.79 Å². The van der Waals surface area contributed by atoms with Gasteiger partial charge < -0.3 is 19.1 Å². The van der Waals surface area contributed by atoms with Gasteiger partial charge in [-0.3, -0.25) is 0 Å². The minimum Gasteiger partial charge on any atom is -0.489 e. The number of carbonyl (C=O) groups excluding carboxylic acids is 1. The minimum atomic E-state index is -0.445. The van der Waals surface area contributed by atoms with E-state index in [0.717, 1.165) is 43.1 Å². The molecule has 1 aliphatic rings. The van der Waals surface area contributed by atoms with Gasteiger partial charge in [0.2, 0.25) is 5.88 Å².